The van der Waals surface area contributed by atoms with Gasteiger partial charge < -0.3 is 21.1 Å². The number of nitrogens with zero attached hydrogens (tertiary/aromatic N) is 4. The Kier molecular flexibility index (Phi) is 5.57. The number of carboxylic acid groups (broad SMARTS) is 1. The number of nitrogens with two attached hydrogens (primary N) is 1. The lowest BCUT2D eigenvalue weighted by molar-refractivity contribution is -0.136. The summed E-state index contributed by atoms with van der Waals surface area (Å²) in [5.74, 6) is -0.126. The second-order valence-electron chi connectivity index (χ2n) is 6.91. The van der Waals surface area contributed by atoms with E-state index in [9.17, 15) is 9.59 Å². The maximum Gasteiger partial charge on any atom is 0.307 e. The molecule has 1 fully saturated rings. The summed E-state index contributed by atoms with van der Waals surface area (Å²) in [5, 5.41) is 12.8. The zero-order chi connectivity index (χ0) is 21.1. The molecule has 4 rings (SSSR count). The number of primary amides is 1. The van der Waals surface area contributed by atoms with Crippen molar-refractivity contribution in [2.45, 2.75) is 25.3 Å². The molecule has 0 bridgehead atoms. The van der Waals surface area contributed by atoms with Gasteiger partial charge in [-0.2, -0.15) is 0 Å². The predicted octanol–water partition coefficient (Wildman–Crippen LogP) is 2.42. The molecule has 0 radical (unpaired) electrons. The fourth-order valence-corrected chi connectivity index (χ4v) is 4.37. The van der Waals surface area contributed by atoms with Gasteiger partial charge in [-0.1, -0.05) is 17.4 Å². The van der Waals surface area contributed by atoms with E-state index in [4.69, 9.17) is 10.8 Å². The van der Waals surface area contributed by atoms with Crippen LogP contribution in [0.3, 0.4) is 0 Å². The molecule has 9 nitrogen and oxygen atoms in total. The molecule has 1 saturated heterocycles. The third-order valence-electron chi connectivity index (χ3n) is 4.76. The van der Waals surface area contributed by atoms with Crippen molar-refractivity contribution < 1.29 is 14.7 Å². The van der Waals surface area contributed by atoms with Crippen LogP contribution >= 0.6 is 11.3 Å². The molecule has 1 aliphatic heterocycles. The number of amides is 1. The van der Waals surface area contributed by atoms with Crippen molar-refractivity contribution in [3.05, 3.63) is 48.3 Å². The molecule has 0 aromatic carbocycles. The second-order valence-corrected chi connectivity index (χ2v) is 7.92. The number of nitrogens with one attached hydrogen (secondary N) is 1. The number of carbonyl (C=O) groups excluding carboxylic acids is 1. The molecular weight excluding hydrogens is 404 g/mol. The number of hydrogen-bond acceptors (Lipinski definition) is 8. The lowest BCUT2D eigenvalue weighted by Gasteiger charge is -2.20. The number of rotatable bonds is 7. The predicted molar refractivity (Wildman–Crippen MR) is 114 cm³/mol. The molecule has 4 N–H and O–H groups in total. The van der Waals surface area contributed by atoms with E-state index in [1.807, 2.05) is 17.0 Å². The van der Waals surface area contributed by atoms with E-state index in [0.29, 0.717) is 17.2 Å². The number of anilines is 3. The molecular formula is C20H20N6O3S. The molecule has 0 spiro atoms. The molecule has 0 aliphatic carbocycles. The Hall–Kier alpha value is -3.53. The Labute approximate surface area is 176 Å². The molecule has 4 heterocycles. The Morgan fingerprint density at radius 2 is 2.13 bits per heavy atom. The molecule has 10 heteroatoms. The lowest BCUT2D eigenvalue weighted by atomic mass is 10.2. The fraction of sp³-hybridized carbons (Fsp3) is 0.250. The maximum absolute atomic E-state index is 11.7. The summed E-state index contributed by atoms with van der Waals surface area (Å²) in [6, 6.07) is 8.60. The first-order valence-corrected chi connectivity index (χ1v) is 10.2. The van der Waals surface area contributed by atoms with E-state index >= 15 is 0 Å². The van der Waals surface area contributed by atoms with E-state index in [0.717, 1.165) is 35.1 Å². The van der Waals surface area contributed by atoms with E-state index in [1.165, 1.54) is 11.3 Å². The molecule has 0 unspecified atom stereocenters. The standard InChI is InChI=1S/C20H20N6O3S/c21-19(29)14-4-2-8-26(14)20-23-11-15(30-20)13-3-1-5-16(24-13)25-17-9-12(6-7-22-17)10-18(27)28/h1,3,5-7,9,11,14H,2,4,8,10H2,(H2,21,29)(H,27,28)(H,22,24,25)/t14-/m0/s1. The number of thiazole rings is 1. The van der Waals surface area contributed by atoms with Gasteiger partial charge in [-0.3, -0.25) is 9.59 Å². The summed E-state index contributed by atoms with van der Waals surface area (Å²) >= 11 is 1.46. The van der Waals surface area contributed by atoms with Crippen molar-refractivity contribution in [1.29, 1.82) is 0 Å². The van der Waals surface area contributed by atoms with Crippen molar-refractivity contribution >= 4 is 40.0 Å². The third-order valence-corrected chi connectivity index (χ3v) is 5.81. The second kappa shape index (κ2) is 8.46. The van der Waals surface area contributed by atoms with Crippen LogP contribution in [0.5, 0.6) is 0 Å². The van der Waals surface area contributed by atoms with Crippen molar-refractivity contribution in [1.82, 2.24) is 15.0 Å². The number of carbonyl (C=O) groups is 2. The van der Waals surface area contributed by atoms with Gasteiger partial charge in [-0.25, -0.2) is 15.0 Å². The first-order chi connectivity index (χ1) is 14.5. The largest absolute Gasteiger partial charge is 0.481 e. The quantitative estimate of drug-likeness (QED) is 0.526. The van der Waals surface area contributed by atoms with Crippen LogP contribution < -0.4 is 16.0 Å². The molecule has 1 atom stereocenters. The van der Waals surface area contributed by atoms with Crippen LogP contribution in [0.25, 0.3) is 10.6 Å². The average Bonchev–Trinajstić information content (AvgIpc) is 3.37. The summed E-state index contributed by atoms with van der Waals surface area (Å²) in [5.41, 5.74) is 6.90. The van der Waals surface area contributed by atoms with Gasteiger partial charge in [0.05, 0.1) is 17.0 Å². The fourth-order valence-electron chi connectivity index (χ4n) is 3.41. The molecule has 0 saturated carbocycles. The molecule has 30 heavy (non-hydrogen) atoms. The SMILES string of the molecule is NC(=O)[C@@H]1CCCN1c1ncc(-c2cccc(Nc3cc(CC(=O)O)ccn3)n2)s1. The zero-order valence-corrected chi connectivity index (χ0v) is 16.8. The highest BCUT2D eigenvalue weighted by Crippen LogP contribution is 2.34. The van der Waals surface area contributed by atoms with Crippen LogP contribution in [-0.2, 0) is 16.0 Å². The van der Waals surface area contributed by atoms with Crippen LogP contribution in [0, 0.1) is 0 Å². The number of carboxylic acids is 1. The van der Waals surface area contributed by atoms with E-state index in [-0.39, 0.29) is 18.4 Å². The van der Waals surface area contributed by atoms with Crippen LogP contribution in [0.1, 0.15) is 18.4 Å². The average molecular weight is 424 g/mol. The maximum atomic E-state index is 11.7. The first kappa shape index (κ1) is 19.8. The molecule has 1 amide bonds. The van der Waals surface area contributed by atoms with Crippen LogP contribution in [0.15, 0.2) is 42.7 Å². The highest BCUT2D eigenvalue weighted by atomic mass is 32.1. The monoisotopic (exact) mass is 424 g/mol. The Morgan fingerprint density at radius 3 is 2.93 bits per heavy atom. The van der Waals surface area contributed by atoms with E-state index in [1.54, 1.807) is 30.6 Å². The summed E-state index contributed by atoms with van der Waals surface area (Å²) in [4.78, 5) is 38.7. The van der Waals surface area contributed by atoms with Crippen molar-refractivity contribution in [3.8, 4) is 10.6 Å². The highest BCUT2D eigenvalue weighted by Gasteiger charge is 2.31. The normalized spacial score (nSPS) is 15.9. The zero-order valence-electron chi connectivity index (χ0n) is 16.0. The minimum atomic E-state index is -0.898. The summed E-state index contributed by atoms with van der Waals surface area (Å²) in [7, 11) is 0. The van der Waals surface area contributed by atoms with Gasteiger partial charge in [-0.15, -0.1) is 0 Å². The van der Waals surface area contributed by atoms with E-state index < -0.39 is 5.97 Å². The molecule has 3 aromatic rings. The van der Waals surface area contributed by atoms with Crippen molar-refractivity contribution in [3.63, 3.8) is 0 Å². The van der Waals surface area contributed by atoms with Crippen LogP contribution in [0.4, 0.5) is 16.8 Å². The van der Waals surface area contributed by atoms with E-state index in [2.05, 4.69) is 20.3 Å². The molecule has 154 valence electrons. The van der Waals surface area contributed by atoms with Gasteiger partial charge in [0.1, 0.15) is 17.7 Å². The van der Waals surface area contributed by atoms with Crippen LogP contribution in [0.2, 0.25) is 0 Å². The number of aliphatic carboxylic acids is 1. The Morgan fingerprint density at radius 1 is 1.27 bits per heavy atom. The topological polar surface area (TPSA) is 134 Å². The summed E-state index contributed by atoms with van der Waals surface area (Å²) in [6.07, 6.45) is 4.89. The lowest BCUT2D eigenvalue weighted by Crippen LogP contribution is -2.40. The van der Waals surface area contributed by atoms with Gasteiger partial charge in [0.25, 0.3) is 0 Å². The number of aromatic nitrogens is 3. The molecule has 3 aromatic heterocycles. The van der Waals surface area contributed by atoms with Crippen molar-refractivity contribution in [2.75, 3.05) is 16.8 Å². The van der Waals surface area contributed by atoms with Gasteiger partial charge in [-0.05, 0) is 42.7 Å². The van der Waals surface area contributed by atoms with Gasteiger partial charge in [0.15, 0.2) is 5.13 Å². The molecule has 1 aliphatic rings. The Balaban J connectivity index is 1.52. The van der Waals surface area contributed by atoms with Crippen LogP contribution in [-0.4, -0.2) is 44.5 Å². The van der Waals surface area contributed by atoms with Gasteiger partial charge in [0.2, 0.25) is 5.91 Å². The Bertz CT molecular complexity index is 1090. The minimum absolute atomic E-state index is 0.0723. The number of hydrogen-bond donors (Lipinski definition) is 3. The summed E-state index contributed by atoms with van der Waals surface area (Å²) < 4.78 is 0. The smallest absolute Gasteiger partial charge is 0.307 e. The first-order valence-electron chi connectivity index (χ1n) is 9.42. The summed E-state index contributed by atoms with van der Waals surface area (Å²) in [6.45, 7) is 0.758. The minimum Gasteiger partial charge on any atom is -0.481 e. The van der Waals surface area contributed by atoms with Gasteiger partial charge in [0, 0.05) is 18.9 Å². The highest BCUT2D eigenvalue weighted by molar-refractivity contribution is 7.18. The van der Waals surface area contributed by atoms with Gasteiger partial charge >= 0.3 is 5.97 Å². The van der Waals surface area contributed by atoms with Crippen molar-refractivity contribution in [2.24, 2.45) is 5.73 Å². The number of pyridine rings is 2. The third kappa shape index (κ3) is 4.38.